The van der Waals surface area contributed by atoms with Gasteiger partial charge in [0.15, 0.2) is 0 Å². The van der Waals surface area contributed by atoms with Gasteiger partial charge in [-0.3, -0.25) is 4.79 Å². The minimum atomic E-state index is -0.546. The quantitative estimate of drug-likeness (QED) is 0.669. The van der Waals surface area contributed by atoms with Crippen LogP contribution in [0.15, 0.2) is 6.20 Å². The molecule has 0 saturated carbocycles. The number of nitrogens with one attached hydrogen (secondary N) is 2. The maximum atomic E-state index is 11.0. The molecule has 0 aliphatic carbocycles. The van der Waals surface area contributed by atoms with E-state index in [-0.39, 0.29) is 11.6 Å². The van der Waals surface area contributed by atoms with Crippen LogP contribution < -0.4 is 16.4 Å². The SMILES string of the molecule is CNc1nc(NC(C)C)ncc1C(N)=O. The van der Waals surface area contributed by atoms with Gasteiger partial charge in [0.2, 0.25) is 5.95 Å². The molecule has 0 atom stereocenters. The predicted molar refractivity (Wildman–Crippen MR) is 58.9 cm³/mol. The molecular formula is C9H15N5O. The van der Waals surface area contributed by atoms with Crippen LogP contribution in [0.4, 0.5) is 11.8 Å². The molecule has 0 spiro atoms. The Kier molecular flexibility index (Phi) is 3.43. The van der Waals surface area contributed by atoms with Gasteiger partial charge in [0.05, 0.1) is 5.56 Å². The average Bonchev–Trinajstić information content (AvgIpc) is 2.16. The summed E-state index contributed by atoms with van der Waals surface area (Å²) in [7, 11) is 1.67. The summed E-state index contributed by atoms with van der Waals surface area (Å²) >= 11 is 0. The molecule has 1 aromatic heterocycles. The van der Waals surface area contributed by atoms with Gasteiger partial charge in [-0.05, 0) is 13.8 Å². The molecule has 6 heteroatoms. The fraction of sp³-hybridized carbons (Fsp3) is 0.444. The standard InChI is InChI=1S/C9H15N5O/c1-5(2)13-9-12-4-6(7(10)15)8(11-3)14-9/h4-5H,1-3H3,(H2,10,15)(H2,11,12,13,14). The Bertz CT molecular complexity index is 364. The summed E-state index contributed by atoms with van der Waals surface area (Å²) in [6.45, 7) is 3.95. The third-order valence-corrected chi connectivity index (χ3v) is 1.71. The summed E-state index contributed by atoms with van der Waals surface area (Å²) in [4.78, 5) is 19.1. The monoisotopic (exact) mass is 209 g/mol. The second-order valence-corrected chi connectivity index (χ2v) is 3.37. The van der Waals surface area contributed by atoms with E-state index in [2.05, 4.69) is 20.6 Å². The van der Waals surface area contributed by atoms with Crippen LogP contribution >= 0.6 is 0 Å². The lowest BCUT2D eigenvalue weighted by Crippen LogP contribution is -2.18. The maximum absolute atomic E-state index is 11.0. The smallest absolute Gasteiger partial charge is 0.254 e. The highest BCUT2D eigenvalue weighted by molar-refractivity contribution is 5.97. The maximum Gasteiger partial charge on any atom is 0.254 e. The number of nitrogens with zero attached hydrogens (tertiary/aromatic N) is 2. The van der Waals surface area contributed by atoms with Crippen LogP contribution in [0.3, 0.4) is 0 Å². The molecule has 0 aliphatic heterocycles. The number of hydrogen-bond acceptors (Lipinski definition) is 5. The third-order valence-electron chi connectivity index (χ3n) is 1.71. The molecule has 15 heavy (non-hydrogen) atoms. The van der Waals surface area contributed by atoms with E-state index in [4.69, 9.17) is 5.73 Å². The number of rotatable bonds is 4. The molecule has 0 saturated heterocycles. The fourth-order valence-corrected chi connectivity index (χ4v) is 1.08. The van der Waals surface area contributed by atoms with Crippen molar-refractivity contribution in [2.45, 2.75) is 19.9 Å². The lowest BCUT2D eigenvalue weighted by Gasteiger charge is -2.10. The number of carbonyl (C=O) groups is 1. The van der Waals surface area contributed by atoms with Gasteiger partial charge in [-0.25, -0.2) is 4.98 Å². The van der Waals surface area contributed by atoms with Gasteiger partial charge in [-0.1, -0.05) is 0 Å². The van der Waals surface area contributed by atoms with Crippen molar-refractivity contribution < 1.29 is 4.79 Å². The van der Waals surface area contributed by atoms with E-state index >= 15 is 0 Å². The topological polar surface area (TPSA) is 92.9 Å². The molecule has 1 rings (SSSR count). The van der Waals surface area contributed by atoms with Crippen LogP contribution in [0.5, 0.6) is 0 Å². The number of amides is 1. The average molecular weight is 209 g/mol. The van der Waals surface area contributed by atoms with E-state index in [1.54, 1.807) is 7.05 Å². The lowest BCUT2D eigenvalue weighted by atomic mass is 10.3. The van der Waals surface area contributed by atoms with Crippen LogP contribution in [0.2, 0.25) is 0 Å². The Hall–Kier alpha value is -1.85. The molecule has 0 radical (unpaired) electrons. The van der Waals surface area contributed by atoms with E-state index in [1.807, 2.05) is 13.8 Å². The summed E-state index contributed by atoms with van der Waals surface area (Å²) in [6.07, 6.45) is 1.41. The summed E-state index contributed by atoms with van der Waals surface area (Å²) in [5.41, 5.74) is 5.45. The first kappa shape index (κ1) is 11.2. The second kappa shape index (κ2) is 4.59. The van der Waals surface area contributed by atoms with Crippen LogP contribution in [0.25, 0.3) is 0 Å². The van der Waals surface area contributed by atoms with Crippen molar-refractivity contribution in [2.24, 2.45) is 5.73 Å². The van der Waals surface area contributed by atoms with Gasteiger partial charge >= 0.3 is 0 Å². The largest absolute Gasteiger partial charge is 0.372 e. The Balaban J connectivity index is 3.02. The van der Waals surface area contributed by atoms with Crippen molar-refractivity contribution in [1.29, 1.82) is 0 Å². The van der Waals surface area contributed by atoms with Gasteiger partial charge < -0.3 is 16.4 Å². The number of carbonyl (C=O) groups excluding carboxylic acids is 1. The minimum absolute atomic E-state index is 0.231. The summed E-state index contributed by atoms with van der Waals surface area (Å²) < 4.78 is 0. The third kappa shape index (κ3) is 2.80. The van der Waals surface area contributed by atoms with Gasteiger partial charge in [-0.15, -0.1) is 0 Å². The molecule has 1 amide bonds. The van der Waals surface area contributed by atoms with Crippen molar-refractivity contribution in [3.8, 4) is 0 Å². The van der Waals surface area contributed by atoms with Gasteiger partial charge in [0.1, 0.15) is 5.82 Å². The van der Waals surface area contributed by atoms with Crippen molar-refractivity contribution in [3.05, 3.63) is 11.8 Å². The Labute approximate surface area is 88.3 Å². The summed E-state index contributed by atoms with van der Waals surface area (Å²) in [6, 6.07) is 0.231. The molecule has 82 valence electrons. The van der Waals surface area contributed by atoms with Crippen LogP contribution in [-0.2, 0) is 0 Å². The van der Waals surface area contributed by atoms with Crippen molar-refractivity contribution in [3.63, 3.8) is 0 Å². The zero-order valence-electron chi connectivity index (χ0n) is 9.03. The summed E-state index contributed by atoms with van der Waals surface area (Å²) in [5.74, 6) is 0.357. The van der Waals surface area contributed by atoms with E-state index in [0.717, 1.165) is 0 Å². The number of nitrogens with two attached hydrogens (primary N) is 1. The zero-order chi connectivity index (χ0) is 11.4. The number of aromatic nitrogens is 2. The van der Waals surface area contributed by atoms with Crippen LogP contribution in [0.1, 0.15) is 24.2 Å². The van der Waals surface area contributed by atoms with Gasteiger partial charge in [-0.2, -0.15) is 4.98 Å². The van der Waals surface area contributed by atoms with E-state index in [0.29, 0.717) is 11.8 Å². The number of anilines is 2. The molecule has 0 fully saturated rings. The minimum Gasteiger partial charge on any atom is -0.372 e. The van der Waals surface area contributed by atoms with Crippen molar-refractivity contribution in [1.82, 2.24) is 9.97 Å². The Morgan fingerprint density at radius 3 is 2.67 bits per heavy atom. The molecule has 6 nitrogen and oxygen atoms in total. The highest BCUT2D eigenvalue weighted by Crippen LogP contribution is 2.12. The normalized spacial score (nSPS) is 10.1. The Morgan fingerprint density at radius 2 is 2.20 bits per heavy atom. The van der Waals surface area contributed by atoms with E-state index < -0.39 is 5.91 Å². The fourth-order valence-electron chi connectivity index (χ4n) is 1.08. The molecule has 1 heterocycles. The molecule has 4 N–H and O–H groups in total. The second-order valence-electron chi connectivity index (χ2n) is 3.37. The molecule has 1 aromatic rings. The van der Waals surface area contributed by atoms with Crippen LogP contribution in [-0.4, -0.2) is 29.0 Å². The molecule has 0 unspecified atom stereocenters. The van der Waals surface area contributed by atoms with Crippen molar-refractivity contribution in [2.75, 3.05) is 17.7 Å². The number of primary amides is 1. The molecule has 0 bridgehead atoms. The predicted octanol–water partition coefficient (Wildman–Crippen LogP) is 0.437. The highest BCUT2D eigenvalue weighted by atomic mass is 16.1. The molecular weight excluding hydrogens is 194 g/mol. The Morgan fingerprint density at radius 1 is 1.53 bits per heavy atom. The van der Waals surface area contributed by atoms with Crippen molar-refractivity contribution >= 4 is 17.7 Å². The first-order valence-corrected chi connectivity index (χ1v) is 4.65. The first-order chi connectivity index (χ1) is 7.04. The zero-order valence-corrected chi connectivity index (χ0v) is 9.03. The van der Waals surface area contributed by atoms with Gasteiger partial charge in [0, 0.05) is 19.3 Å². The van der Waals surface area contributed by atoms with Crippen LogP contribution in [0, 0.1) is 0 Å². The van der Waals surface area contributed by atoms with E-state index in [1.165, 1.54) is 6.20 Å². The van der Waals surface area contributed by atoms with E-state index in [9.17, 15) is 4.79 Å². The molecule has 0 aromatic carbocycles. The first-order valence-electron chi connectivity index (χ1n) is 4.65. The van der Waals surface area contributed by atoms with Gasteiger partial charge in [0.25, 0.3) is 5.91 Å². The highest BCUT2D eigenvalue weighted by Gasteiger charge is 2.10. The summed E-state index contributed by atoms with van der Waals surface area (Å²) in [5, 5.41) is 5.83. The number of hydrogen-bond donors (Lipinski definition) is 3. The molecule has 0 aliphatic rings. The lowest BCUT2D eigenvalue weighted by molar-refractivity contribution is 0.100.